The van der Waals surface area contributed by atoms with E-state index in [4.69, 9.17) is 13.7 Å². The highest BCUT2D eigenvalue weighted by molar-refractivity contribution is 7.85. The fourth-order valence-corrected chi connectivity index (χ4v) is 2.38. The molecule has 0 fully saturated rings. The van der Waals surface area contributed by atoms with Gasteiger partial charge in [0.05, 0.1) is 17.6 Å². The monoisotopic (exact) mass is 296 g/mol. The largest absolute Gasteiger partial charge is 0.466 e. The van der Waals surface area contributed by atoms with Crippen molar-refractivity contribution in [1.82, 2.24) is 0 Å². The van der Waals surface area contributed by atoms with Crippen LogP contribution >= 0.6 is 0 Å². The number of carbonyl (C=O) groups is 1. The normalized spacial score (nSPS) is 11.2. The van der Waals surface area contributed by atoms with E-state index in [0.29, 0.717) is 5.76 Å². The van der Waals surface area contributed by atoms with Crippen molar-refractivity contribution in [3.05, 3.63) is 54.0 Å². The van der Waals surface area contributed by atoms with Gasteiger partial charge in [0.25, 0.3) is 10.1 Å². The van der Waals surface area contributed by atoms with E-state index in [0.717, 1.165) is 0 Å². The summed E-state index contributed by atoms with van der Waals surface area (Å²) in [5, 5.41) is 0. The van der Waals surface area contributed by atoms with Crippen molar-refractivity contribution in [3.63, 3.8) is 0 Å². The molecule has 1 heterocycles. The van der Waals surface area contributed by atoms with Gasteiger partial charge in [-0.25, -0.2) is 0 Å². The van der Waals surface area contributed by atoms with Crippen molar-refractivity contribution in [2.24, 2.45) is 0 Å². The third kappa shape index (κ3) is 3.69. The fourth-order valence-electron chi connectivity index (χ4n) is 1.65. The minimum atomic E-state index is -4.36. The first-order valence-corrected chi connectivity index (χ1v) is 7.14. The molecule has 0 saturated heterocycles. The summed E-state index contributed by atoms with van der Waals surface area (Å²) in [4.78, 5) is 11.4. The van der Waals surface area contributed by atoms with Gasteiger partial charge in [-0.15, -0.1) is 0 Å². The van der Waals surface area contributed by atoms with Crippen LogP contribution in [0.15, 0.2) is 52.0 Å². The Hall–Kier alpha value is -2.12. The first kappa shape index (κ1) is 14.3. The van der Waals surface area contributed by atoms with Gasteiger partial charge in [-0.2, -0.15) is 8.42 Å². The first-order valence-electron chi connectivity index (χ1n) is 5.70. The van der Waals surface area contributed by atoms with Gasteiger partial charge in [-0.3, -0.25) is 9.35 Å². The van der Waals surface area contributed by atoms with Gasteiger partial charge in [-0.1, -0.05) is 18.2 Å². The van der Waals surface area contributed by atoms with Crippen LogP contribution in [-0.2, 0) is 32.7 Å². The maximum absolute atomic E-state index is 11.6. The number of ether oxygens (including phenoxy) is 1. The van der Waals surface area contributed by atoms with Crippen LogP contribution in [0.4, 0.5) is 0 Å². The van der Waals surface area contributed by atoms with Crippen molar-refractivity contribution in [3.8, 4) is 0 Å². The molecule has 0 radical (unpaired) electrons. The van der Waals surface area contributed by atoms with Crippen LogP contribution in [0.5, 0.6) is 0 Å². The summed E-state index contributed by atoms with van der Waals surface area (Å²) < 4.78 is 41.4. The highest BCUT2D eigenvalue weighted by Gasteiger charge is 2.17. The summed E-state index contributed by atoms with van der Waals surface area (Å²) >= 11 is 0. The molecule has 1 aromatic carbocycles. The van der Waals surface area contributed by atoms with E-state index < -0.39 is 16.1 Å². The summed E-state index contributed by atoms with van der Waals surface area (Å²) in [5.74, 6) is -0.126. The third-order valence-electron chi connectivity index (χ3n) is 2.54. The average molecular weight is 296 g/mol. The topological polar surface area (TPSA) is 93.8 Å². The summed E-state index contributed by atoms with van der Waals surface area (Å²) in [6.45, 7) is -0.0279. The number of benzene rings is 1. The molecule has 0 amide bonds. The van der Waals surface area contributed by atoms with Gasteiger partial charge in [0.15, 0.2) is 0 Å². The molecule has 6 nitrogen and oxygen atoms in total. The average Bonchev–Trinajstić information content (AvgIpc) is 2.89. The van der Waals surface area contributed by atoms with Crippen LogP contribution in [0, 0.1) is 0 Å². The molecule has 0 unspecified atom stereocenters. The van der Waals surface area contributed by atoms with E-state index in [1.807, 2.05) is 0 Å². The maximum atomic E-state index is 11.6. The van der Waals surface area contributed by atoms with E-state index in [9.17, 15) is 13.2 Å². The number of furan rings is 1. The van der Waals surface area contributed by atoms with E-state index in [1.54, 1.807) is 18.2 Å². The molecule has 0 bridgehead atoms. The Balaban J connectivity index is 2.05. The van der Waals surface area contributed by atoms with Crippen molar-refractivity contribution >= 4 is 16.1 Å². The smallest absolute Gasteiger partial charge is 0.310 e. The number of carbonyl (C=O) groups excluding carboxylic acids is 1. The Bertz CT molecular complexity index is 687. The summed E-state index contributed by atoms with van der Waals surface area (Å²) in [7, 11) is -4.36. The van der Waals surface area contributed by atoms with Crippen LogP contribution in [0.2, 0.25) is 0 Å². The Morgan fingerprint density at radius 2 is 1.95 bits per heavy atom. The Morgan fingerprint density at radius 3 is 2.60 bits per heavy atom. The van der Waals surface area contributed by atoms with Gasteiger partial charge >= 0.3 is 5.97 Å². The highest BCUT2D eigenvalue weighted by atomic mass is 32.2. The maximum Gasteiger partial charge on any atom is 0.310 e. The standard InChI is InChI=1S/C13H12O6S/c14-13(19-9-11-5-3-7-18-11)8-10-4-1-2-6-12(10)20(15,16)17/h1-7H,8-9H2,(H,15,16,17). The molecule has 7 heteroatoms. The minimum absolute atomic E-state index is 0.0279. The van der Waals surface area contributed by atoms with Gasteiger partial charge < -0.3 is 9.15 Å². The molecule has 0 aliphatic heterocycles. The molecule has 0 spiro atoms. The molecular formula is C13H12O6S. The minimum Gasteiger partial charge on any atom is -0.466 e. The lowest BCUT2D eigenvalue weighted by atomic mass is 10.1. The Morgan fingerprint density at radius 1 is 1.20 bits per heavy atom. The molecule has 0 aliphatic rings. The SMILES string of the molecule is O=C(Cc1ccccc1S(=O)(=O)O)OCc1ccco1. The van der Waals surface area contributed by atoms with E-state index in [1.165, 1.54) is 24.5 Å². The molecule has 20 heavy (non-hydrogen) atoms. The lowest BCUT2D eigenvalue weighted by Gasteiger charge is -2.06. The molecule has 2 rings (SSSR count). The second-order valence-corrected chi connectivity index (χ2v) is 5.39. The number of hydrogen-bond donors (Lipinski definition) is 1. The van der Waals surface area contributed by atoms with E-state index in [2.05, 4.69) is 0 Å². The molecule has 106 valence electrons. The third-order valence-corrected chi connectivity index (χ3v) is 3.49. The molecule has 1 aromatic heterocycles. The van der Waals surface area contributed by atoms with Gasteiger partial charge in [0.1, 0.15) is 12.4 Å². The molecule has 0 saturated carbocycles. The second kappa shape index (κ2) is 5.89. The summed E-state index contributed by atoms with van der Waals surface area (Å²) in [6.07, 6.45) is 1.20. The van der Waals surface area contributed by atoms with Crippen LogP contribution in [-0.4, -0.2) is 18.9 Å². The predicted molar refractivity (Wildman–Crippen MR) is 68.5 cm³/mol. The van der Waals surface area contributed by atoms with Crippen LogP contribution in [0.1, 0.15) is 11.3 Å². The quantitative estimate of drug-likeness (QED) is 0.668. The molecule has 0 atom stereocenters. The van der Waals surface area contributed by atoms with Crippen LogP contribution < -0.4 is 0 Å². The molecule has 2 aromatic rings. The van der Waals surface area contributed by atoms with E-state index in [-0.39, 0.29) is 23.5 Å². The fraction of sp³-hybridized carbons (Fsp3) is 0.154. The van der Waals surface area contributed by atoms with Crippen LogP contribution in [0.3, 0.4) is 0 Å². The highest BCUT2D eigenvalue weighted by Crippen LogP contribution is 2.16. The van der Waals surface area contributed by atoms with Crippen molar-refractivity contribution < 1.29 is 26.9 Å². The van der Waals surface area contributed by atoms with Gasteiger partial charge in [0.2, 0.25) is 0 Å². The zero-order chi connectivity index (χ0) is 14.6. The first-order chi connectivity index (χ1) is 9.47. The zero-order valence-electron chi connectivity index (χ0n) is 10.4. The van der Waals surface area contributed by atoms with E-state index >= 15 is 0 Å². The lowest BCUT2D eigenvalue weighted by Crippen LogP contribution is -2.11. The summed E-state index contributed by atoms with van der Waals surface area (Å²) in [6, 6.07) is 9.02. The van der Waals surface area contributed by atoms with Crippen molar-refractivity contribution in [2.75, 3.05) is 0 Å². The number of rotatable bonds is 5. The van der Waals surface area contributed by atoms with Crippen molar-refractivity contribution in [2.45, 2.75) is 17.9 Å². The molecule has 1 N–H and O–H groups in total. The van der Waals surface area contributed by atoms with Crippen LogP contribution in [0.25, 0.3) is 0 Å². The second-order valence-electron chi connectivity index (χ2n) is 4.00. The Kier molecular flexibility index (Phi) is 4.21. The van der Waals surface area contributed by atoms with Gasteiger partial charge in [0, 0.05) is 0 Å². The molecule has 0 aliphatic carbocycles. The predicted octanol–water partition coefficient (Wildman–Crippen LogP) is 1.81. The number of esters is 1. The van der Waals surface area contributed by atoms with Crippen molar-refractivity contribution in [1.29, 1.82) is 0 Å². The summed E-state index contributed by atoms with van der Waals surface area (Å²) in [5.41, 5.74) is 0.180. The number of hydrogen-bond acceptors (Lipinski definition) is 5. The molecular weight excluding hydrogens is 284 g/mol. The Labute approximate surface area is 115 Å². The van der Waals surface area contributed by atoms with Gasteiger partial charge in [-0.05, 0) is 23.8 Å². The zero-order valence-corrected chi connectivity index (χ0v) is 11.2. The lowest BCUT2D eigenvalue weighted by molar-refractivity contribution is -0.144.